The summed E-state index contributed by atoms with van der Waals surface area (Å²) in [5.74, 6) is 0.492. The van der Waals surface area contributed by atoms with E-state index in [-0.39, 0.29) is 36.9 Å². The number of hydrogen-bond donors (Lipinski definition) is 3. The molecule has 0 saturated carbocycles. The largest absolute Gasteiger partial charge is 0.493 e. The normalized spacial score (nSPS) is 11.2. The van der Waals surface area contributed by atoms with Gasteiger partial charge in [-0.3, -0.25) is 4.79 Å². The Balaban J connectivity index is 1.92. The van der Waals surface area contributed by atoms with Crippen molar-refractivity contribution >= 4 is 21.6 Å². The number of rotatable bonds is 9. The van der Waals surface area contributed by atoms with Gasteiger partial charge in [-0.05, 0) is 49.2 Å². The van der Waals surface area contributed by atoms with Crippen LogP contribution in [0, 0.1) is 13.8 Å². The minimum atomic E-state index is -3.65. The summed E-state index contributed by atoms with van der Waals surface area (Å²) in [4.78, 5) is 12.2. The molecule has 2 rings (SSSR count). The van der Waals surface area contributed by atoms with Gasteiger partial charge in [0.05, 0.1) is 17.9 Å². The second-order valence-corrected chi connectivity index (χ2v) is 7.83. The second-order valence-electron chi connectivity index (χ2n) is 6.06. The van der Waals surface area contributed by atoms with E-state index in [0.717, 1.165) is 16.9 Å². The fraction of sp³-hybridized carbons (Fsp3) is 0.316. The van der Waals surface area contributed by atoms with Crippen LogP contribution >= 0.6 is 0 Å². The first-order valence-corrected chi connectivity index (χ1v) is 10.1. The number of nitrogens with one attached hydrogen (secondary N) is 2. The van der Waals surface area contributed by atoms with Crippen LogP contribution in [0.3, 0.4) is 0 Å². The van der Waals surface area contributed by atoms with E-state index >= 15 is 0 Å². The van der Waals surface area contributed by atoms with Crippen molar-refractivity contribution in [1.29, 1.82) is 0 Å². The molecule has 0 spiro atoms. The number of carbonyl (C=O) groups is 1. The van der Waals surface area contributed by atoms with E-state index in [1.54, 1.807) is 12.1 Å². The number of sulfonamides is 1. The van der Waals surface area contributed by atoms with Crippen molar-refractivity contribution in [1.82, 2.24) is 4.72 Å². The Hall–Kier alpha value is -2.42. The molecule has 2 aromatic carbocycles. The van der Waals surface area contributed by atoms with Crippen LogP contribution in [0.25, 0.3) is 0 Å². The number of ether oxygens (including phenoxy) is 1. The van der Waals surface area contributed by atoms with Gasteiger partial charge in [0.15, 0.2) is 0 Å². The SMILES string of the molecule is Cc1cccc(OCCC(=O)Nc2cccc(S(=O)(=O)NCCN)c2)c1C. The molecule has 146 valence electrons. The minimum absolute atomic E-state index is 0.0698. The fourth-order valence-electron chi connectivity index (χ4n) is 2.38. The van der Waals surface area contributed by atoms with Crippen molar-refractivity contribution in [3.63, 3.8) is 0 Å². The Kier molecular flexibility index (Phi) is 7.35. The van der Waals surface area contributed by atoms with Crippen LogP contribution in [0.15, 0.2) is 47.4 Å². The highest BCUT2D eigenvalue weighted by atomic mass is 32.2. The number of hydrogen-bond acceptors (Lipinski definition) is 5. The number of nitrogens with two attached hydrogens (primary N) is 1. The van der Waals surface area contributed by atoms with Gasteiger partial charge in [0.1, 0.15) is 5.75 Å². The zero-order valence-electron chi connectivity index (χ0n) is 15.5. The average molecular weight is 391 g/mol. The molecule has 0 aliphatic rings. The molecule has 1 amide bonds. The van der Waals surface area contributed by atoms with Crippen LogP contribution < -0.4 is 20.5 Å². The van der Waals surface area contributed by atoms with E-state index in [1.165, 1.54) is 12.1 Å². The molecule has 8 heteroatoms. The number of aryl methyl sites for hydroxylation is 1. The lowest BCUT2D eigenvalue weighted by molar-refractivity contribution is -0.116. The molecular weight excluding hydrogens is 366 g/mol. The van der Waals surface area contributed by atoms with E-state index < -0.39 is 10.0 Å². The third-order valence-electron chi connectivity index (χ3n) is 4.01. The molecule has 0 atom stereocenters. The maximum absolute atomic E-state index is 12.1. The van der Waals surface area contributed by atoms with E-state index in [0.29, 0.717) is 5.69 Å². The lowest BCUT2D eigenvalue weighted by atomic mass is 10.1. The summed E-state index contributed by atoms with van der Waals surface area (Å²) in [5.41, 5.74) is 7.89. The molecular formula is C19H25N3O4S. The molecule has 0 aliphatic carbocycles. The monoisotopic (exact) mass is 391 g/mol. The third kappa shape index (κ3) is 6.06. The zero-order valence-corrected chi connectivity index (χ0v) is 16.3. The van der Waals surface area contributed by atoms with Gasteiger partial charge in [-0.2, -0.15) is 0 Å². The van der Waals surface area contributed by atoms with Gasteiger partial charge in [-0.25, -0.2) is 13.1 Å². The molecule has 7 nitrogen and oxygen atoms in total. The summed E-state index contributed by atoms with van der Waals surface area (Å²) in [5, 5.41) is 2.69. The molecule has 0 unspecified atom stereocenters. The average Bonchev–Trinajstić information content (AvgIpc) is 2.64. The minimum Gasteiger partial charge on any atom is -0.493 e. The molecule has 2 aromatic rings. The van der Waals surface area contributed by atoms with Crippen molar-refractivity contribution in [2.75, 3.05) is 25.0 Å². The second kappa shape index (κ2) is 9.50. The van der Waals surface area contributed by atoms with Gasteiger partial charge in [0.25, 0.3) is 0 Å². The van der Waals surface area contributed by atoms with Crippen molar-refractivity contribution in [2.24, 2.45) is 5.73 Å². The van der Waals surface area contributed by atoms with Gasteiger partial charge in [0.2, 0.25) is 15.9 Å². The highest BCUT2D eigenvalue weighted by Crippen LogP contribution is 2.21. The van der Waals surface area contributed by atoms with Gasteiger partial charge in [0, 0.05) is 18.8 Å². The predicted molar refractivity (Wildman–Crippen MR) is 105 cm³/mol. The topological polar surface area (TPSA) is 111 Å². The number of carbonyl (C=O) groups excluding carboxylic acids is 1. The van der Waals surface area contributed by atoms with Gasteiger partial charge in [-0.1, -0.05) is 18.2 Å². The summed E-state index contributed by atoms with van der Waals surface area (Å²) < 4.78 is 32.3. The molecule has 0 aliphatic heterocycles. The summed E-state index contributed by atoms with van der Waals surface area (Å²) in [7, 11) is -3.65. The number of benzene rings is 2. The highest BCUT2D eigenvalue weighted by molar-refractivity contribution is 7.89. The maximum atomic E-state index is 12.1. The highest BCUT2D eigenvalue weighted by Gasteiger charge is 2.14. The third-order valence-corrected chi connectivity index (χ3v) is 5.46. The molecule has 0 bridgehead atoms. The first-order valence-electron chi connectivity index (χ1n) is 8.62. The van der Waals surface area contributed by atoms with Crippen molar-refractivity contribution in [3.05, 3.63) is 53.6 Å². The lowest BCUT2D eigenvalue weighted by Crippen LogP contribution is -2.29. The molecule has 4 N–H and O–H groups in total. The van der Waals surface area contributed by atoms with Crippen LogP contribution in [-0.2, 0) is 14.8 Å². The maximum Gasteiger partial charge on any atom is 0.240 e. The van der Waals surface area contributed by atoms with Crippen molar-refractivity contribution < 1.29 is 17.9 Å². The van der Waals surface area contributed by atoms with Gasteiger partial charge >= 0.3 is 0 Å². The van der Waals surface area contributed by atoms with Crippen LogP contribution in [0.2, 0.25) is 0 Å². The Morgan fingerprint density at radius 1 is 1.15 bits per heavy atom. The summed E-state index contributed by atoms with van der Waals surface area (Å²) in [6.07, 6.45) is 0.149. The number of amides is 1. The van der Waals surface area contributed by atoms with E-state index in [2.05, 4.69) is 10.0 Å². The van der Waals surface area contributed by atoms with Crippen molar-refractivity contribution in [2.45, 2.75) is 25.2 Å². The molecule has 0 fully saturated rings. The predicted octanol–water partition coefficient (Wildman–Crippen LogP) is 1.95. The lowest BCUT2D eigenvalue weighted by Gasteiger charge is -2.11. The van der Waals surface area contributed by atoms with Crippen LogP contribution in [-0.4, -0.2) is 34.0 Å². The molecule has 0 aromatic heterocycles. The fourth-order valence-corrected chi connectivity index (χ4v) is 3.47. The summed E-state index contributed by atoms with van der Waals surface area (Å²) in [6, 6.07) is 11.8. The van der Waals surface area contributed by atoms with Crippen molar-refractivity contribution in [3.8, 4) is 5.75 Å². The van der Waals surface area contributed by atoms with E-state index in [9.17, 15) is 13.2 Å². The van der Waals surface area contributed by atoms with E-state index in [1.807, 2.05) is 32.0 Å². The molecule has 0 radical (unpaired) electrons. The number of anilines is 1. The molecule has 0 heterocycles. The van der Waals surface area contributed by atoms with Crippen LogP contribution in [0.1, 0.15) is 17.5 Å². The first kappa shape index (κ1) is 20.9. The zero-order chi connectivity index (χ0) is 19.9. The Bertz CT molecular complexity index is 898. The molecule has 0 saturated heterocycles. The van der Waals surface area contributed by atoms with Gasteiger partial charge in [-0.15, -0.1) is 0 Å². The smallest absolute Gasteiger partial charge is 0.240 e. The van der Waals surface area contributed by atoms with Crippen LogP contribution in [0.4, 0.5) is 5.69 Å². The summed E-state index contributed by atoms with van der Waals surface area (Å²) in [6.45, 7) is 4.55. The Labute approximate surface area is 160 Å². The summed E-state index contributed by atoms with van der Waals surface area (Å²) >= 11 is 0. The standard InChI is InChI=1S/C19H25N3O4S/c1-14-5-3-8-18(15(14)2)26-12-9-19(23)22-16-6-4-7-17(13-16)27(24,25)21-11-10-20/h3-8,13,21H,9-12,20H2,1-2H3,(H,22,23). The molecule has 27 heavy (non-hydrogen) atoms. The van der Waals surface area contributed by atoms with Gasteiger partial charge < -0.3 is 15.8 Å². The van der Waals surface area contributed by atoms with E-state index in [4.69, 9.17) is 10.5 Å². The van der Waals surface area contributed by atoms with Crippen LogP contribution in [0.5, 0.6) is 5.75 Å². The Morgan fingerprint density at radius 2 is 1.89 bits per heavy atom. The first-order chi connectivity index (χ1) is 12.8. The Morgan fingerprint density at radius 3 is 2.63 bits per heavy atom. The quantitative estimate of drug-likeness (QED) is 0.605.